The van der Waals surface area contributed by atoms with Gasteiger partial charge in [-0.15, -0.1) is 0 Å². The summed E-state index contributed by atoms with van der Waals surface area (Å²) >= 11 is 0. The van der Waals surface area contributed by atoms with E-state index in [4.69, 9.17) is 24.7 Å². The molecule has 1 heterocycles. The van der Waals surface area contributed by atoms with Crippen molar-refractivity contribution in [3.05, 3.63) is 93.7 Å². The summed E-state index contributed by atoms with van der Waals surface area (Å²) in [6.45, 7) is 0. The first-order valence-corrected chi connectivity index (χ1v) is 11.4. The zero-order chi connectivity index (χ0) is 27.2. The lowest BCUT2D eigenvalue weighted by molar-refractivity contribution is 0.0590. The van der Waals surface area contributed by atoms with Crippen LogP contribution in [0.1, 0.15) is 43.9 Å². The molecular formula is C31H21N3O4. The first kappa shape index (κ1) is 25.5. The summed E-state index contributed by atoms with van der Waals surface area (Å²) in [4.78, 5) is 12.6. The second-order valence-electron chi connectivity index (χ2n) is 8.04. The van der Waals surface area contributed by atoms with E-state index in [9.17, 15) is 4.79 Å². The monoisotopic (exact) mass is 499 g/mol. The van der Waals surface area contributed by atoms with Gasteiger partial charge in [-0.05, 0) is 54.6 Å². The molecule has 4 rings (SSSR count). The predicted molar refractivity (Wildman–Crippen MR) is 142 cm³/mol. The van der Waals surface area contributed by atoms with Crippen LogP contribution in [-0.2, 0) is 11.8 Å². The Kier molecular flexibility index (Phi) is 7.35. The molecule has 38 heavy (non-hydrogen) atoms. The Bertz CT molecular complexity index is 1760. The van der Waals surface area contributed by atoms with Gasteiger partial charge in [0.2, 0.25) is 0 Å². The fourth-order valence-electron chi connectivity index (χ4n) is 4.01. The van der Waals surface area contributed by atoms with Gasteiger partial charge in [0, 0.05) is 23.6 Å². The molecule has 0 aliphatic heterocycles. The highest BCUT2D eigenvalue weighted by molar-refractivity contribution is 6.02. The second kappa shape index (κ2) is 11.0. The van der Waals surface area contributed by atoms with E-state index in [0.717, 1.165) is 0 Å². The zero-order valence-electron chi connectivity index (χ0n) is 21.2. The fourth-order valence-corrected chi connectivity index (χ4v) is 4.01. The summed E-state index contributed by atoms with van der Waals surface area (Å²) in [6.07, 6.45) is 0. The Hall–Kier alpha value is -5.63. The number of nitriles is 2. The van der Waals surface area contributed by atoms with Crippen molar-refractivity contribution >= 4 is 16.9 Å². The van der Waals surface area contributed by atoms with Crippen molar-refractivity contribution in [2.45, 2.75) is 0 Å². The lowest BCUT2D eigenvalue weighted by Gasteiger charge is -2.15. The number of methoxy groups -OCH3 is 3. The molecule has 0 amide bonds. The van der Waals surface area contributed by atoms with Crippen LogP contribution >= 0.6 is 0 Å². The normalized spacial score (nSPS) is 9.74. The summed E-state index contributed by atoms with van der Waals surface area (Å²) in [5.74, 6) is 12.8. The third kappa shape index (κ3) is 4.74. The smallest absolute Gasteiger partial charge is 0.354 e. The molecule has 184 valence electrons. The number of rotatable bonds is 3. The van der Waals surface area contributed by atoms with Crippen LogP contribution in [0.2, 0.25) is 0 Å². The molecular weight excluding hydrogens is 478 g/mol. The summed E-state index contributed by atoms with van der Waals surface area (Å²) < 4.78 is 18.2. The van der Waals surface area contributed by atoms with Gasteiger partial charge < -0.3 is 18.8 Å². The lowest BCUT2D eigenvalue weighted by atomic mass is 10.0. The highest BCUT2D eigenvalue weighted by Gasteiger charge is 2.25. The largest absolute Gasteiger partial charge is 0.492 e. The van der Waals surface area contributed by atoms with Crippen LogP contribution in [0.5, 0.6) is 11.5 Å². The third-order valence-electron chi connectivity index (χ3n) is 5.89. The number of aromatic nitrogens is 1. The summed E-state index contributed by atoms with van der Waals surface area (Å²) in [5.41, 5.74) is 4.41. The van der Waals surface area contributed by atoms with Gasteiger partial charge in [0.15, 0.2) is 11.5 Å². The molecule has 0 saturated heterocycles. The molecule has 7 heteroatoms. The van der Waals surface area contributed by atoms with Crippen molar-refractivity contribution < 1.29 is 19.0 Å². The Labute approximate surface area is 220 Å². The van der Waals surface area contributed by atoms with E-state index < -0.39 is 5.97 Å². The minimum absolute atomic E-state index is 0.306. The molecule has 0 fully saturated rings. The maximum Gasteiger partial charge on any atom is 0.354 e. The second-order valence-corrected chi connectivity index (χ2v) is 8.04. The predicted octanol–water partition coefficient (Wildman–Crippen LogP) is 4.53. The number of fused-ring (bicyclic) bond motifs is 1. The van der Waals surface area contributed by atoms with Gasteiger partial charge in [0.25, 0.3) is 0 Å². The first-order valence-electron chi connectivity index (χ1n) is 11.4. The van der Waals surface area contributed by atoms with Crippen LogP contribution in [0.25, 0.3) is 10.9 Å². The number of hydrogen-bond acceptors (Lipinski definition) is 6. The zero-order valence-corrected chi connectivity index (χ0v) is 21.2. The van der Waals surface area contributed by atoms with E-state index in [0.29, 0.717) is 61.5 Å². The molecule has 0 aliphatic carbocycles. The molecule has 0 unspecified atom stereocenters. The molecule has 3 aromatic carbocycles. The van der Waals surface area contributed by atoms with E-state index >= 15 is 0 Å². The number of aryl methyl sites for hydroxylation is 1. The highest BCUT2D eigenvalue weighted by Crippen LogP contribution is 2.42. The molecule has 0 N–H and O–H groups in total. The molecule has 0 radical (unpaired) electrons. The Balaban J connectivity index is 2.02. The number of hydrogen-bond donors (Lipinski definition) is 0. The average molecular weight is 500 g/mol. The minimum atomic E-state index is -0.515. The number of carbonyl (C=O) groups is 1. The van der Waals surface area contributed by atoms with Gasteiger partial charge in [-0.3, -0.25) is 0 Å². The van der Waals surface area contributed by atoms with Crippen molar-refractivity contribution in [1.82, 2.24) is 4.57 Å². The van der Waals surface area contributed by atoms with Gasteiger partial charge in [-0.2, -0.15) is 10.5 Å². The topological polar surface area (TPSA) is 97.3 Å². The van der Waals surface area contributed by atoms with Crippen molar-refractivity contribution in [3.8, 4) is 47.3 Å². The van der Waals surface area contributed by atoms with Gasteiger partial charge in [-0.25, -0.2) is 4.79 Å². The van der Waals surface area contributed by atoms with Crippen LogP contribution in [-0.4, -0.2) is 31.9 Å². The van der Waals surface area contributed by atoms with Gasteiger partial charge in [0.05, 0.1) is 61.2 Å². The Morgan fingerprint density at radius 1 is 0.711 bits per heavy atom. The van der Waals surface area contributed by atoms with E-state index in [1.54, 1.807) is 66.2 Å². The van der Waals surface area contributed by atoms with Gasteiger partial charge in [-0.1, -0.05) is 23.7 Å². The van der Waals surface area contributed by atoms with Crippen molar-refractivity contribution in [2.24, 2.45) is 7.05 Å². The molecule has 1 aromatic heterocycles. The number of ether oxygens (including phenoxy) is 3. The van der Waals surface area contributed by atoms with Crippen molar-refractivity contribution in [2.75, 3.05) is 21.3 Å². The molecule has 0 aliphatic rings. The van der Waals surface area contributed by atoms with E-state index in [2.05, 4.69) is 35.8 Å². The number of nitrogens with zero attached hydrogens (tertiary/aromatic N) is 3. The van der Waals surface area contributed by atoms with Crippen LogP contribution in [0.15, 0.2) is 54.6 Å². The molecule has 0 bridgehead atoms. The SMILES string of the molecule is COC(=O)c1cc2c(C#Cc3ccc(C#N)cc3)c(OC)c(OC)c(C#Cc3ccc(C#N)cc3)c2n1C. The summed E-state index contributed by atoms with van der Waals surface area (Å²) in [7, 11) is 6.08. The number of carbonyl (C=O) groups excluding carboxylic acids is 1. The molecule has 0 spiro atoms. The van der Waals surface area contributed by atoms with Crippen LogP contribution in [0.4, 0.5) is 0 Å². The van der Waals surface area contributed by atoms with E-state index in [1.807, 2.05) is 0 Å². The van der Waals surface area contributed by atoms with E-state index in [-0.39, 0.29) is 0 Å². The van der Waals surface area contributed by atoms with Crippen LogP contribution in [0.3, 0.4) is 0 Å². The average Bonchev–Trinajstić information content (AvgIpc) is 3.31. The quantitative estimate of drug-likeness (QED) is 0.304. The molecule has 0 atom stereocenters. The first-order chi connectivity index (χ1) is 18.4. The van der Waals surface area contributed by atoms with Crippen LogP contribution in [0, 0.1) is 46.3 Å². The Morgan fingerprint density at radius 2 is 1.16 bits per heavy atom. The number of esters is 1. The highest BCUT2D eigenvalue weighted by atomic mass is 16.5. The van der Waals surface area contributed by atoms with Gasteiger partial charge in [0.1, 0.15) is 5.69 Å². The van der Waals surface area contributed by atoms with Crippen LogP contribution < -0.4 is 9.47 Å². The van der Waals surface area contributed by atoms with Crippen molar-refractivity contribution in [3.63, 3.8) is 0 Å². The molecule has 0 saturated carbocycles. The van der Waals surface area contributed by atoms with Crippen molar-refractivity contribution in [1.29, 1.82) is 10.5 Å². The number of benzene rings is 3. The third-order valence-corrected chi connectivity index (χ3v) is 5.89. The minimum Gasteiger partial charge on any atom is -0.492 e. The molecule has 4 aromatic rings. The Morgan fingerprint density at radius 3 is 1.61 bits per heavy atom. The molecule has 7 nitrogen and oxygen atoms in total. The maximum atomic E-state index is 12.6. The fraction of sp³-hybridized carbons (Fsp3) is 0.129. The standard InChI is InChI=1S/C31H21N3O4/c1-34-27(31(35)38-4)17-26-24(15-13-20-5-9-22(18-32)10-6-20)29(36-2)30(37-3)25(28(26)34)16-14-21-7-11-23(19-33)12-8-21/h5-12,17H,1-4H3. The van der Waals surface area contributed by atoms with E-state index in [1.165, 1.54) is 21.3 Å². The van der Waals surface area contributed by atoms with Gasteiger partial charge >= 0.3 is 5.97 Å². The maximum absolute atomic E-state index is 12.6. The summed E-state index contributed by atoms with van der Waals surface area (Å²) in [5, 5.41) is 18.8. The summed E-state index contributed by atoms with van der Waals surface area (Å²) in [6, 6.07) is 19.7. The lowest BCUT2D eigenvalue weighted by Crippen LogP contribution is -2.07.